The smallest absolute Gasteiger partial charge is 0.305 e. The van der Waals surface area contributed by atoms with Gasteiger partial charge >= 0.3 is 5.97 Å². The lowest BCUT2D eigenvalue weighted by Gasteiger charge is -2.33. The van der Waals surface area contributed by atoms with Crippen LogP contribution in [0.3, 0.4) is 0 Å². The third-order valence-electron chi connectivity index (χ3n) is 1.82. The molecule has 0 aromatic heterocycles. The molecule has 0 radical (unpaired) electrons. The zero-order valence-corrected chi connectivity index (χ0v) is 10.8. The van der Waals surface area contributed by atoms with E-state index in [1.807, 2.05) is 41.5 Å². The molecule has 0 aliphatic heterocycles. The quantitative estimate of drug-likeness (QED) is 0.663. The molecule has 0 bridgehead atoms. The van der Waals surface area contributed by atoms with Crippen LogP contribution in [-0.2, 0) is 14.3 Å². The molecule has 0 N–H and O–H groups in total. The second-order valence-electron chi connectivity index (χ2n) is 5.28. The minimum Gasteiger partial charge on any atom is -0.466 e. The highest BCUT2D eigenvalue weighted by Gasteiger charge is 2.26. The Balaban J connectivity index is 3.99. The summed E-state index contributed by atoms with van der Waals surface area (Å²) in [5, 5.41) is 0. The number of hydrogen-bond donors (Lipinski definition) is 0. The Labute approximate surface area is 93.1 Å². The highest BCUT2D eigenvalue weighted by atomic mass is 16.5. The predicted molar refractivity (Wildman–Crippen MR) is 60.8 cm³/mol. The summed E-state index contributed by atoms with van der Waals surface area (Å²) >= 11 is 0. The first-order valence-electron chi connectivity index (χ1n) is 5.52. The minimum atomic E-state index is -0.287. The van der Waals surface area contributed by atoms with Crippen molar-refractivity contribution in [3.63, 3.8) is 0 Å². The topological polar surface area (TPSA) is 35.5 Å². The number of hydrogen-bond acceptors (Lipinski definition) is 3. The standard InChI is InChI=1S/C12H24O3/c1-7-14-10(13)8-9-12(5,6)15-11(2,3)4/h7-9H2,1-6H3. The molecule has 0 atom stereocenters. The van der Waals surface area contributed by atoms with Gasteiger partial charge in [-0.25, -0.2) is 0 Å². The molecular formula is C12H24O3. The lowest BCUT2D eigenvalue weighted by molar-refractivity contribution is -0.148. The van der Waals surface area contributed by atoms with Gasteiger partial charge in [-0.2, -0.15) is 0 Å². The fraction of sp³-hybridized carbons (Fsp3) is 0.917. The molecule has 0 saturated carbocycles. The van der Waals surface area contributed by atoms with Crippen molar-refractivity contribution >= 4 is 5.97 Å². The van der Waals surface area contributed by atoms with Gasteiger partial charge in [0.05, 0.1) is 17.8 Å². The van der Waals surface area contributed by atoms with E-state index in [2.05, 4.69) is 0 Å². The van der Waals surface area contributed by atoms with E-state index < -0.39 is 0 Å². The third-order valence-corrected chi connectivity index (χ3v) is 1.82. The largest absolute Gasteiger partial charge is 0.466 e. The SMILES string of the molecule is CCOC(=O)CCC(C)(C)OC(C)(C)C. The van der Waals surface area contributed by atoms with Crippen LogP contribution in [0.5, 0.6) is 0 Å². The average Bonchev–Trinajstić information content (AvgIpc) is 1.97. The summed E-state index contributed by atoms with van der Waals surface area (Å²) in [7, 11) is 0. The highest BCUT2D eigenvalue weighted by Crippen LogP contribution is 2.24. The van der Waals surface area contributed by atoms with Crippen LogP contribution in [0.25, 0.3) is 0 Å². The maximum atomic E-state index is 11.2. The van der Waals surface area contributed by atoms with Gasteiger partial charge in [0.15, 0.2) is 0 Å². The molecule has 0 unspecified atom stereocenters. The van der Waals surface area contributed by atoms with Crippen LogP contribution in [0.4, 0.5) is 0 Å². The van der Waals surface area contributed by atoms with Gasteiger partial charge < -0.3 is 9.47 Å². The van der Waals surface area contributed by atoms with Gasteiger partial charge in [-0.05, 0) is 48.0 Å². The van der Waals surface area contributed by atoms with Crippen LogP contribution >= 0.6 is 0 Å². The first-order chi connectivity index (χ1) is 6.66. The summed E-state index contributed by atoms with van der Waals surface area (Å²) in [5.74, 6) is -0.150. The zero-order chi connectivity index (χ0) is 12.1. The molecule has 0 spiro atoms. The van der Waals surface area contributed by atoms with Gasteiger partial charge in [0.25, 0.3) is 0 Å². The molecule has 90 valence electrons. The number of esters is 1. The van der Waals surface area contributed by atoms with Crippen LogP contribution < -0.4 is 0 Å². The molecule has 3 nitrogen and oxygen atoms in total. The van der Waals surface area contributed by atoms with Crippen LogP contribution in [0, 0.1) is 0 Å². The number of rotatable bonds is 5. The van der Waals surface area contributed by atoms with Crippen molar-refractivity contribution in [3.8, 4) is 0 Å². The first kappa shape index (κ1) is 14.4. The molecule has 0 heterocycles. The maximum Gasteiger partial charge on any atom is 0.305 e. The van der Waals surface area contributed by atoms with E-state index in [-0.39, 0.29) is 17.2 Å². The predicted octanol–water partition coefficient (Wildman–Crippen LogP) is 2.92. The van der Waals surface area contributed by atoms with E-state index in [1.54, 1.807) is 0 Å². The van der Waals surface area contributed by atoms with E-state index in [1.165, 1.54) is 0 Å². The molecule has 0 rings (SSSR count). The Bertz CT molecular complexity index is 201. The third kappa shape index (κ3) is 8.43. The normalized spacial score (nSPS) is 12.7. The molecule has 0 aliphatic rings. The fourth-order valence-corrected chi connectivity index (χ4v) is 1.52. The maximum absolute atomic E-state index is 11.2. The molecule has 0 aromatic rings. The Morgan fingerprint density at radius 2 is 1.67 bits per heavy atom. The Hall–Kier alpha value is -0.570. The Morgan fingerprint density at radius 1 is 1.13 bits per heavy atom. The number of carbonyl (C=O) groups is 1. The number of carbonyl (C=O) groups excluding carboxylic acids is 1. The van der Waals surface area contributed by atoms with Crippen LogP contribution in [0.1, 0.15) is 54.4 Å². The lowest BCUT2D eigenvalue weighted by atomic mass is 10.0. The van der Waals surface area contributed by atoms with E-state index in [0.29, 0.717) is 19.4 Å². The van der Waals surface area contributed by atoms with Crippen molar-refractivity contribution in [1.82, 2.24) is 0 Å². The monoisotopic (exact) mass is 216 g/mol. The summed E-state index contributed by atoms with van der Waals surface area (Å²) in [4.78, 5) is 11.2. The van der Waals surface area contributed by atoms with Gasteiger partial charge in [0, 0.05) is 6.42 Å². The highest BCUT2D eigenvalue weighted by molar-refractivity contribution is 5.69. The molecule has 0 saturated heterocycles. The van der Waals surface area contributed by atoms with Gasteiger partial charge in [0.1, 0.15) is 0 Å². The lowest BCUT2D eigenvalue weighted by Crippen LogP contribution is -2.35. The summed E-state index contributed by atoms with van der Waals surface area (Å²) in [6.45, 7) is 12.3. The van der Waals surface area contributed by atoms with Crippen molar-refractivity contribution < 1.29 is 14.3 Å². The molecule has 15 heavy (non-hydrogen) atoms. The van der Waals surface area contributed by atoms with Crippen LogP contribution in [0.2, 0.25) is 0 Å². The molecule has 0 amide bonds. The van der Waals surface area contributed by atoms with Crippen LogP contribution in [-0.4, -0.2) is 23.8 Å². The number of ether oxygens (including phenoxy) is 2. The minimum absolute atomic E-state index is 0.150. The van der Waals surface area contributed by atoms with Crippen LogP contribution in [0.15, 0.2) is 0 Å². The molecular weight excluding hydrogens is 192 g/mol. The average molecular weight is 216 g/mol. The first-order valence-corrected chi connectivity index (χ1v) is 5.52. The summed E-state index contributed by atoms with van der Waals surface area (Å²) in [6, 6.07) is 0. The van der Waals surface area contributed by atoms with Gasteiger partial charge in [0.2, 0.25) is 0 Å². The Kier molecular flexibility index (Phi) is 5.29. The van der Waals surface area contributed by atoms with E-state index in [0.717, 1.165) is 0 Å². The summed E-state index contributed by atoms with van der Waals surface area (Å²) in [5.41, 5.74) is -0.469. The van der Waals surface area contributed by atoms with Crippen molar-refractivity contribution in [3.05, 3.63) is 0 Å². The van der Waals surface area contributed by atoms with Gasteiger partial charge in [-0.15, -0.1) is 0 Å². The van der Waals surface area contributed by atoms with Crippen molar-refractivity contribution in [2.75, 3.05) is 6.61 Å². The second kappa shape index (κ2) is 5.50. The molecule has 0 aromatic carbocycles. The van der Waals surface area contributed by atoms with E-state index in [4.69, 9.17) is 9.47 Å². The molecule has 0 fully saturated rings. The van der Waals surface area contributed by atoms with E-state index >= 15 is 0 Å². The van der Waals surface area contributed by atoms with Crippen molar-refractivity contribution in [1.29, 1.82) is 0 Å². The summed E-state index contributed by atoms with van der Waals surface area (Å²) in [6.07, 6.45) is 1.10. The summed E-state index contributed by atoms with van der Waals surface area (Å²) < 4.78 is 10.7. The zero-order valence-electron chi connectivity index (χ0n) is 10.8. The molecule has 3 heteroatoms. The van der Waals surface area contributed by atoms with E-state index in [9.17, 15) is 4.79 Å². The van der Waals surface area contributed by atoms with Gasteiger partial charge in [-0.3, -0.25) is 4.79 Å². The Morgan fingerprint density at radius 3 is 2.07 bits per heavy atom. The second-order valence-corrected chi connectivity index (χ2v) is 5.28. The molecule has 0 aliphatic carbocycles. The van der Waals surface area contributed by atoms with Crippen molar-refractivity contribution in [2.45, 2.75) is 65.6 Å². The fourth-order valence-electron chi connectivity index (χ4n) is 1.52. The van der Waals surface area contributed by atoms with Gasteiger partial charge in [-0.1, -0.05) is 0 Å². The van der Waals surface area contributed by atoms with Crippen molar-refractivity contribution in [2.24, 2.45) is 0 Å².